The van der Waals surface area contributed by atoms with Crippen LogP contribution in [0.2, 0.25) is 5.02 Å². The van der Waals surface area contributed by atoms with Crippen molar-refractivity contribution in [3.8, 4) is 0 Å². The molecule has 0 radical (unpaired) electrons. The summed E-state index contributed by atoms with van der Waals surface area (Å²) >= 11 is 6.07. The van der Waals surface area contributed by atoms with E-state index < -0.39 is 0 Å². The molecular weight excluding hydrogens is 220 g/mol. The Kier molecular flexibility index (Phi) is 3.11. The first-order chi connectivity index (χ1) is 7.66. The average Bonchev–Trinajstić information content (AvgIpc) is 2.27. The first-order valence-electron chi connectivity index (χ1n) is 5.10. The highest BCUT2D eigenvalue weighted by molar-refractivity contribution is 6.31. The van der Waals surface area contributed by atoms with Crippen LogP contribution in [0.3, 0.4) is 0 Å². The Morgan fingerprint density at radius 1 is 1.31 bits per heavy atom. The van der Waals surface area contributed by atoms with Gasteiger partial charge in [0.15, 0.2) is 0 Å². The van der Waals surface area contributed by atoms with E-state index in [1.54, 1.807) is 12.4 Å². The van der Waals surface area contributed by atoms with Crippen LogP contribution in [0.25, 0.3) is 0 Å². The number of aryl methyl sites for hydroxylation is 1. The number of hydrogen-bond donors (Lipinski definition) is 1. The van der Waals surface area contributed by atoms with Crippen molar-refractivity contribution < 1.29 is 0 Å². The Morgan fingerprint density at radius 2 is 2.12 bits per heavy atom. The summed E-state index contributed by atoms with van der Waals surface area (Å²) in [6, 6.07) is 7.87. The van der Waals surface area contributed by atoms with Gasteiger partial charge in [0.25, 0.3) is 0 Å². The summed E-state index contributed by atoms with van der Waals surface area (Å²) < 4.78 is 0. The molecule has 0 bridgehead atoms. The number of nitrogens with two attached hydrogens (primary N) is 1. The SMILES string of the molecule is Cc1ccc(Cc2cnccc2N)cc1Cl. The molecule has 0 fully saturated rings. The van der Waals surface area contributed by atoms with Gasteiger partial charge in [0.1, 0.15) is 0 Å². The number of halogens is 1. The highest BCUT2D eigenvalue weighted by Gasteiger charge is 2.02. The summed E-state index contributed by atoms with van der Waals surface area (Å²) in [6.07, 6.45) is 4.25. The van der Waals surface area contributed by atoms with Crippen LogP contribution < -0.4 is 5.73 Å². The molecule has 1 aromatic carbocycles. The molecule has 0 aliphatic heterocycles. The van der Waals surface area contributed by atoms with Crippen molar-refractivity contribution in [1.29, 1.82) is 0 Å². The number of aromatic nitrogens is 1. The van der Waals surface area contributed by atoms with Crippen LogP contribution in [-0.2, 0) is 6.42 Å². The number of benzene rings is 1. The zero-order valence-corrected chi connectivity index (χ0v) is 9.83. The number of hydrogen-bond acceptors (Lipinski definition) is 2. The van der Waals surface area contributed by atoms with Crippen molar-refractivity contribution in [3.63, 3.8) is 0 Å². The molecule has 1 aromatic heterocycles. The molecule has 3 heteroatoms. The fourth-order valence-electron chi connectivity index (χ4n) is 1.55. The first-order valence-corrected chi connectivity index (χ1v) is 5.48. The van der Waals surface area contributed by atoms with Gasteiger partial charge in [0, 0.05) is 29.5 Å². The fraction of sp³-hybridized carbons (Fsp3) is 0.154. The maximum atomic E-state index is 6.07. The highest BCUT2D eigenvalue weighted by Crippen LogP contribution is 2.20. The Hall–Kier alpha value is -1.54. The molecule has 0 aliphatic rings. The van der Waals surface area contributed by atoms with Crippen molar-refractivity contribution >= 4 is 17.3 Å². The van der Waals surface area contributed by atoms with Gasteiger partial charge in [-0.1, -0.05) is 23.7 Å². The molecule has 0 atom stereocenters. The van der Waals surface area contributed by atoms with E-state index in [9.17, 15) is 0 Å². The van der Waals surface area contributed by atoms with Crippen molar-refractivity contribution in [2.75, 3.05) is 5.73 Å². The summed E-state index contributed by atoms with van der Waals surface area (Å²) in [5.41, 5.74) is 9.90. The summed E-state index contributed by atoms with van der Waals surface area (Å²) in [4.78, 5) is 4.07. The number of pyridine rings is 1. The molecule has 0 unspecified atom stereocenters. The van der Waals surface area contributed by atoms with Gasteiger partial charge in [-0.3, -0.25) is 4.98 Å². The van der Waals surface area contributed by atoms with Gasteiger partial charge in [0.05, 0.1) is 0 Å². The molecule has 0 saturated heterocycles. The molecule has 0 saturated carbocycles. The third kappa shape index (κ3) is 2.34. The summed E-state index contributed by atoms with van der Waals surface area (Å²) in [7, 11) is 0. The third-order valence-electron chi connectivity index (χ3n) is 2.57. The van der Waals surface area contributed by atoms with E-state index in [-0.39, 0.29) is 0 Å². The number of nitrogens with zero attached hydrogens (tertiary/aromatic N) is 1. The monoisotopic (exact) mass is 232 g/mol. The second-order valence-electron chi connectivity index (χ2n) is 3.83. The molecule has 2 aromatic rings. The van der Waals surface area contributed by atoms with E-state index in [1.165, 1.54) is 0 Å². The minimum atomic E-state index is 0.764. The minimum absolute atomic E-state index is 0.764. The molecule has 2 nitrogen and oxygen atoms in total. The van der Waals surface area contributed by atoms with Crippen LogP contribution in [0.1, 0.15) is 16.7 Å². The molecule has 0 aliphatic carbocycles. The normalized spacial score (nSPS) is 10.4. The molecule has 0 spiro atoms. The Morgan fingerprint density at radius 3 is 2.81 bits per heavy atom. The van der Waals surface area contributed by atoms with Crippen LogP contribution in [0.4, 0.5) is 5.69 Å². The molecule has 0 amide bonds. The molecule has 82 valence electrons. The van der Waals surface area contributed by atoms with Gasteiger partial charge in [-0.25, -0.2) is 0 Å². The van der Waals surface area contributed by atoms with Gasteiger partial charge in [0.2, 0.25) is 0 Å². The van der Waals surface area contributed by atoms with E-state index in [0.29, 0.717) is 0 Å². The Labute approximate surface area is 100 Å². The number of rotatable bonds is 2. The van der Waals surface area contributed by atoms with E-state index in [0.717, 1.165) is 33.8 Å². The Bertz CT molecular complexity index is 509. The van der Waals surface area contributed by atoms with Crippen molar-refractivity contribution in [2.24, 2.45) is 0 Å². The lowest BCUT2D eigenvalue weighted by atomic mass is 10.0. The third-order valence-corrected chi connectivity index (χ3v) is 2.98. The standard InChI is InChI=1S/C13H13ClN2/c1-9-2-3-10(7-12(9)14)6-11-8-16-5-4-13(11)15/h2-5,7-8H,6H2,1H3,(H2,15,16). The van der Waals surface area contributed by atoms with E-state index in [4.69, 9.17) is 17.3 Å². The molecule has 16 heavy (non-hydrogen) atoms. The van der Waals surface area contributed by atoms with Crippen LogP contribution in [-0.4, -0.2) is 4.98 Å². The second-order valence-corrected chi connectivity index (χ2v) is 4.24. The molecule has 2 N–H and O–H groups in total. The van der Waals surface area contributed by atoms with Crippen LogP contribution >= 0.6 is 11.6 Å². The fourth-order valence-corrected chi connectivity index (χ4v) is 1.75. The van der Waals surface area contributed by atoms with Gasteiger partial charge in [-0.15, -0.1) is 0 Å². The largest absolute Gasteiger partial charge is 0.398 e. The van der Waals surface area contributed by atoms with Crippen LogP contribution in [0.5, 0.6) is 0 Å². The maximum Gasteiger partial charge on any atom is 0.0438 e. The quantitative estimate of drug-likeness (QED) is 0.864. The summed E-state index contributed by atoms with van der Waals surface area (Å²) in [5, 5.41) is 0.792. The van der Waals surface area contributed by atoms with Crippen LogP contribution in [0.15, 0.2) is 36.7 Å². The van der Waals surface area contributed by atoms with E-state index in [2.05, 4.69) is 11.1 Å². The molecule has 2 rings (SSSR count). The highest BCUT2D eigenvalue weighted by atomic mass is 35.5. The number of anilines is 1. The zero-order valence-electron chi connectivity index (χ0n) is 9.07. The van der Waals surface area contributed by atoms with Crippen molar-refractivity contribution in [1.82, 2.24) is 4.98 Å². The summed E-state index contributed by atoms with van der Waals surface area (Å²) in [6.45, 7) is 1.99. The number of nitrogen functional groups attached to an aromatic ring is 1. The summed E-state index contributed by atoms with van der Waals surface area (Å²) in [5.74, 6) is 0. The lowest BCUT2D eigenvalue weighted by Gasteiger charge is -2.06. The van der Waals surface area contributed by atoms with Gasteiger partial charge in [-0.2, -0.15) is 0 Å². The lowest BCUT2D eigenvalue weighted by Crippen LogP contribution is -1.96. The van der Waals surface area contributed by atoms with Crippen LogP contribution in [0, 0.1) is 6.92 Å². The van der Waals surface area contributed by atoms with Gasteiger partial charge < -0.3 is 5.73 Å². The maximum absolute atomic E-state index is 6.07. The van der Waals surface area contributed by atoms with Gasteiger partial charge >= 0.3 is 0 Å². The molecular formula is C13H13ClN2. The van der Waals surface area contributed by atoms with Gasteiger partial charge in [-0.05, 0) is 35.7 Å². The van der Waals surface area contributed by atoms with Crippen molar-refractivity contribution in [2.45, 2.75) is 13.3 Å². The first kappa shape index (κ1) is 11.0. The minimum Gasteiger partial charge on any atom is -0.398 e. The van der Waals surface area contributed by atoms with E-state index >= 15 is 0 Å². The lowest BCUT2D eigenvalue weighted by molar-refractivity contribution is 1.15. The second kappa shape index (κ2) is 4.54. The van der Waals surface area contributed by atoms with Crippen molar-refractivity contribution in [3.05, 3.63) is 58.4 Å². The predicted molar refractivity (Wildman–Crippen MR) is 67.6 cm³/mol. The van der Waals surface area contributed by atoms with E-state index in [1.807, 2.05) is 25.1 Å². The molecule has 1 heterocycles. The zero-order chi connectivity index (χ0) is 11.5. The Balaban J connectivity index is 2.28. The topological polar surface area (TPSA) is 38.9 Å². The predicted octanol–water partition coefficient (Wildman–Crippen LogP) is 3.22. The smallest absolute Gasteiger partial charge is 0.0438 e. The average molecular weight is 233 g/mol.